The van der Waals surface area contributed by atoms with Gasteiger partial charge in [0.2, 0.25) is 0 Å². The third kappa shape index (κ3) is 1.89. The predicted molar refractivity (Wildman–Crippen MR) is 55.5 cm³/mol. The molecule has 0 fully saturated rings. The van der Waals surface area contributed by atoms with Crippen molar-refractivity contribution in [2.45, 2.75) is 0 Å². The average molecular weight is 238 g/mol. The molecular formula is C11H8F2N2O2. The van der Waals surface area contributed by atoms with Crippen LogP contribution in [-0.2, 0) is 7.05 Å². The van der Waals surface area contributed by atoms with E-state index in [1.165, 1.54) is 23.1 Å². The van der Waals surface area contributed by atoms with Gasteiger partial charge in [-0.15, -0.1) is 0 Å². The van der Waals surface area contributed by atoms with Crippen LogP contribution in [0, 0.1) is 11.6 Å². The summed E-state index contributed by atoms with van der Waals surface area (Å²) >= 11 is 0. The summed E-state index contributed by atoms with van der Waals surface area (Å²) in [6, 6.07) is 2.11. The van der Waals surface area contributed by atoms with Gasteiger partial charge < -0.3 is 5.11 Å². The monoisotopic (exact) mass is 238 g/mol. The van der Waals surface area contributed by atoms with Crippen LogP contribution < -0.4 is 0 Å². The van der Waals surface area contributed by atoms with Gasteiger partial charge in [-0.1, -0.05) is 0 Å². The summed E-state index contributed by atoms with van der Waals surface area (Å²) in [5, 5.41) is 12.6. The molecular weight excluding hydrogens is 230 g/mol. The van der Waals surface area contributed by atoms with Crippen molar-refractivity contribution < 1.29 is 18.7 Å². The molecule has 2 aromatic rings. The molecule has 17 heavy (non-hydrogen) atoms. The second-order valence-electron chi connectivity index (χ2n) is 3.49. The van der Waals surface area contributed by atoms with Crippen molar-refractivity contribution in [2.75, 3.05) is 0 Å². The van der Waals surface area contributed by atoms with E-state index < -0.39 is 23.2 Å². The van der Waals surface area contributed by atoms with Crippen molar-refractivity contribution in [3.8, 4) is 11.1 Å². The van der Waals surface area contributed by atoms with E-state index in [0.29, 0.717) is 5.56 Å². The lowest BCUT2D eigenvalue weighted by molar-refractivity contribution is 0.0686. The first-order chi connectivity index (χ1) is 8.00. The number of nitrogens with zero attached hydrogens (tertiary/aromatic N) is 2. The van der Waals surface area contributed by atoms with Gasteiger partial charge in [-0.25, -0.2) is 13.6 Å². The molecule has 0 aliphatic heterocycles. The Hall–Kier alpha value is -2.24. The summed E-state index contributed by atoms with van der Waals surface area (Å²) in [6.45, 7) is 0. The van der Waals surface area contributed by atoms with Crippen LogP contribution >= 0.6 is 0 Å². The molecule has 0 unspecified atom stereocenters. The Morgan fingerprint density at radius 2 is 2.12 bits per heavy atom. The first kappa shape index (κ1) is 11.3. The van der Waals surface area contributed by atoms with Crippen LogP contribution in [0.25, 0.3) is 11.1 Å². The second kappa shape index (κ2) is 3.97. The number of aryl methyl sites for hydroxylation is 1. The van der Waals surface area contributed by atoms with E-state index >= 15 is 0 Å². The van der Waals surface area contributed by atoms with E-state index in [-0.39, 0.29) is 5.56 Å². The zero-order valence-electron chi connectivity index (χ0n) is 8.82. The predicted octanol–water partition coefficient (Wildman–Crippen LogP) is 2.06. The standard InChI is InChI=1S/C11H8F2N2O2/c1-15-5-6(4-14-15)7-2-3-8(12)9(10(7)13)11(16)17/h2-5H,1H3,(H,16,17). The number of carbonyl (C=O) groups is 1. The smallest absolute Gasteiger partial charge is 0.341 e. The van der Waals surface area contributed by atoms with Crippen LogP contribution in [0.5, 0.6) is 0 Å². The van der Waals surface area contributed by atoms with E-state index in [2.05, 4.69) is 5.10 Å². The molecule has 1 aromatic carbocycles. The van der Waals surface area contributed by atoms with Crippen molar-refractivity contribution in [3.63, 3.8) is 0 Å². The molecule has 0 spiro atoms. The maximum Gasteiger partial charge on any atom is 0.341 e. The maximum atomic E-state index is 13.8. The van der Waals surface area contributed by atoms with Crippen LogP contribution in [0.3, 0.4) is 0 Å². The minimum Gasteiger partial charge on any atom is -0.477 e. The average Bonchev–Trinajstić information content (AvgIpc) is 2.64. The molecule has 2 rings (SSSR count). The van der Waals surface area contributed by atoms with Gasteiger partial charge in [0.25, 0.3) is 0 Å². The van der Waals surface area contributed by atoms with Gasteiger partial charge in [0.1, 0.15) is 17.2 Å². The van der Waals surface area contributed by atoms with Gasteiger partial charge in [-0.2, -0.15) is 5.10 Å². The number of carboxylic acids is 1. The van der Waals surface area contributed by atoms with E-state index in [9.17, 15) is 13.6 Å². The van der Waals surface area contributed by atoms with Crippen LogP contribution in [0.15, 0.2) is 24.5 Å². The number of aromatic carboxylic acids is 1. The van der Waals surface area contributed by atoms with Crippen molar-refractivity contribution in [1.82, 2.24) is 9.78 Å². The summed E-state index contributed by atoms with van der Waals surface area (Å²) in [4.78, 5) is 10.7. The third-order valence-corrected chi connectivity index (χ3v) is 2.32. The third-order valence-electron chi connectivity index (χ3n) is 2.32. The highest BCUT2D eigenvalue weighted by Gasteiger charge is 2.20. The maximum absolute atomic E-state index is 13.8. The molecule has 0 saturated heterocycles. The van der Waals surface area contributed by atoms with Gasteiger partial charge in [0.05, 0.1) is 6.20 Å². The Morgan fingerprint density at radius 1 is 1.41 bits per heavy atom. The molecule has 1 aromatic heterocycles. The van der Waals surface area contributed by atoms with Crippen molar-refractivity contribution in [1.29, 1.82) is 0 Å². The Bertz CT molecular complexity index is 593. The first-order valence-electron chi connectivity index (χ1n) is 4.71. The van der Waals surface area contributed by atoms with Gasteiger partial charge in [0.15, 0.2) is 0 Å². The Balaban J connectivity index is 2.65. The fourth-order valence-corrected chi connectivity index (χ4v) is 1.53. The number of rotatable bonds is 2. The number of carboxylic acid groups (broad SMARTS) is 1. The summed E-state index contributed by atoms with van der Waals surface area (Å²) in [7, 11) is 1.64. The highest BCUT2D eigenvalue weighted by atomic mass is 19.1. The SMILES string of the molecule is Cn1cc(-c2ccc(F)c(C(=O)O)c2F)cn1. The van der Waals surface area contributed by atoms with Gasteiger partial charge in [-0.05, 0) is 12.1 Å². The largest absolute Gasteiger partial charge is 0.477 e. The van der Waals surface area contributed by atoms with Gasteiger partial charge >= 0.3 is 5.97 Å². The first-order valence-corrected chi connectivity index (χ1v) is 4.71. The molecule has 1 heterocycles. The fraction of sp³-hybridized carbons (Fsp3) is 0.0909. The zero-order chi connectivity index (χ0) is 12.6. The molecule has 0 amide bonds. The van der Waals surface area contributed by atoms with Crippen LogP contribution in [0.1, 0.15) is 10.4 Å². The Kier molecular flexibility index (Phi) is 2.63. The molecule has 0 radical (unpaired) electrons. The normalized spacial score (nSPS) is 10.5. The summed E-state index contributed by atoms with van der Waals surface area (Å²) in [6.07, 6.45) is 2.89. The van der Waals surface area contributed by atoms with E-state index in [1.807, 2.05) is 0 Å². The molecule has 6 heteroatoms. The Morgan fingerprint density at radius 3 is 2.65 bits per heavy atom. The number of aromatic nitrogens is 2. The molecule has 0 saturated carbocycles. The highest BCUT2D eigenvalue weighted by Crippen LogP contribution is 2.26. The number of halogens is 2. The van der Waals surface area contributed by atoms with Gasteiger partial charge in [0, 0.05) is 24.4 Å². The lowest BCUT2D eigenvalue weighted by Crippen LogP contribution is -2.05. The van der Waals surface area contributed by atoms with Crippen molar-refractivity contribution in [3.05, 3.63) is 41.7 Å². The topological polar surface area (TPSA) is 55.1 Å². The fourth-order valence-electron chi connectivity index (χ4n) is 1.53. The zero-order valence-corrected chi connectivity index (χ0v) is 8.82. The van der Waals surface area contributed by atoms with Crippen LogP contribution in [-0.4, -0.2) is 20.9 Å². The number of hydrogen-bond acceptors (Lipinski definition) is 2. The molecule has 0 aliphatic carbocycles. The minimum absolute atomic E-state index is 0.0110. The molecule has 0 atom stereocenters. The quantitative estimate of drug-likeness (QED) is 0.871. The number of hydrogen-bond donors (Lipinski definition) is 1. The van der Waals surface area contributed by atoms with Crippen LogP contribution in [0.2, 0.25) is 0 Å². The molecule has 0 bridgehead atoms. The summed E-state index contributed by atoms with van der Waals surface area (Å²) in [5.41, 5.74) is -0.546. The molecule has 88 valence electrons. The highest BCUT2D eigenvalue weighted by molar-refractivity contribution is 5.90. The minimum atomic E-state index is -1.63. The lowest BCUT2D eigenvalue weighted by Gasteiger charge is -2.04. The molecule has 0 aliphatic rings. The summed E-state index contributed by atoms with van der Waals surface area (Å²) < 4.78 is 28.4. The van der Waals surface area contributed by atoms with Crippen molar-refractivity contribution in [2.24, 2.45) is 7.05 Å². The second-order valence-corrected chi connectivity index (χ2v) is 3.49. The lowest BCUT2D eigenvalue weighted by atomic mass is 10.0. The molecule has 4 nitrogen and oxygen atoms in total. The van der Waals surface area contributed by atoms with Gasteiger partial charge in [-0.3, -0.25) is 4.68 Å². The van der Waals surface area contributed by atoms with E-state index in [0.717, 1.165) is 6.07 Å². The van der Waals surface area contributed by atoms with Crippen molar-refractivity contribution >= 4 is 5.97 Å². The summed E-state index contributed by atoms with van der Waals surface area (Å²) in [5.74, 6) is -3.82. The number of benzene rings is 1. The van der Waals surface area contributed by atoms with E-state index in [1.54, 1.807) is 7.05 Å². The van der Waals surface area contributed by atoms with E-state index in [4.69, 9.17) is 5.11 Å². The Labute approximate surface area is 95.1 Å². The van der Waals surface area contributed by atoms with Crippen LogP contribution in [0.4, 0.5) is 8.78 Å². The molecule has 1 N–H and O–H groups in total.